The van der Waals surface area contributed by atoms with Crippen molar-refractivity contribution in [2.75, 3.05) is 11.4 Å². The van der Waals surface area contributed by atoms with Gasteiger partial charge in [0.1, 0.15) is 6.54 Å². The minimum absolute atomic E-state index is 0.0132. The first-order valence-electron chi connectivity index (χ1n) is 6.85. The second-order valence-electron chi connectivity index (χ2n) is 6.55. The lowest BCUT2D eigenvalue weighted by atomic mass is 9.78. The van der Waals surface area contributed by atoms with Gasteiger partial charge in [-0.25, -0.2) is 4.98 Å². The zero-order chi connectivity index (χ0) is 16.0. The second kappa shape index (κ2) is 5.26. The standard InChI is InChI=1S/C14H19F3N2OS/c1-8(2)19(7-14(15,16)17)12-18-9-5-13(3,4)6-10(20)11(9)21-12/h8H,5-7H2,1-4H3. The molecule has 0 atom stereocenters. The Kier molecular flexibility index (Phi) is 4.08. The van der Waals surface area contributed by atoms with E-state index in [0.29, 0.717) is 28.5 Å². The summed E-state index contributed by atoms with van der Waals surface area (Å²) in [5.74, 6) is -0.0132. The number of rotatable bonds is 3. The third-order valence-electron chi connectivity index (χ3n) is 3.44. The molecular formula is C14H19F3N2OS. The van der Waals surface area contributed by atoms with Crippen LogP contribution >= 0.6 is 11.3 Å². The van der Waals surface area contributed by atoms with E-state index < -0.39 is 12.7 Å². The van der Waals surface area contributed by atoms with Gasteiger partial charge in [-0.05, 0) is 25.7 Å². The van der Waals surface area contributed by atoms with Gasteiger partial charge in [0.2, 0.25) is 0 Å². The fourth-order valence-electron chi connectivity index (χ4n) is 2.49. The zero-order valence-corrected chi connectivity index (χ0v) is 13.4. The average molecular weight is 320 g/mol. The Morgan fingerprint density at radius 2 is 1.95 bits per heavy atom. The molecule has 0 aromatic carbocycles. The van der Waals surface area contributed by atoms with Crippen LogP contribution in [0.1, 0.15) is 49.5 Å². The molecule has 1 aliphatic carbocycles. The highest BCUT2D eigenvalue weighted by molar-refractivity contribution is 7.17. The number of hydrogen-bond donors (Lipinski definition) is 0. The molecule has 7 heteroatoms. The number of halogens is 3. The van der Waals surface area contributed by atoms with E-state index in [1.165, 1.54) is 4.90 Å². The molecule has 0 unspecified atom stereocenters. The number of aromatic nitrogens is 1. The molecule has 0 radical (unpaired) electrons. The van der Waals surface area contributed by atoms with Gasteiger partial charge in [0, 0.05) is 12.5 Å². The topological polar surface area (TPSA) is 33.2 Å². The molecule has 1 aromatic rings. The van der Waals surface area contributed by atoms with E-state index in [2.05, 4.69) is 4.98 Å². The second-order valence-corrected chi connectivity index (χ2v) is 7.53. The molecule has 1 aromatic heterocycles. The summed E-state index contributed by atoms with van der Waals surface area (Å²) in [6.45, 7) is 6.29. The Morgan fingerprint density at radius 3 is 2.48 bits per heavy atom. The van der Waals surface area contributed by atoms with E-state index in [4.69, 9.17) is 0 Å². The maximum atomic E-state index is 12.7. The Labute approximate surface area is 126 Å². The smallest absolute Gasteiger partial charge is 0.337 e. The lowest BCUT2D eigenvalue weighted by molar-refractivity contribution is -0.120. The lowest BCUT2D eigenvalue weighted by Crippen LogP contribution is -2.39. The van der Waals surface area contributed by atoms with E-state index >= 15 is 0 Å². The van der Waals surface area contributed by atoms with Crippen molar-refractivity contribution in [2.45, 2.75) is 52.8 Å². The number of anilines is 1. The predicted octanol–water partition coefficient (Wildman–Crippen LogP) is 4.08. The van der Waals surface area contributed by atoms with Gasteiger partial charge in [-0.2, -0.15) is 13.2 Å². The van der Waals surface area contributed by atoms with Crippen molar-refractivity contribution in [3.8, 4) is 0 Å². The number of Topliss-reactive ketones (excluding diaryl/α,β-unsaturated/α-hetero) is 1. The van der Waals surface area contributed by atoms with Crippen LogP contribution in [0.4, 0.5) is 18.3 Å². The highest BCUT2D eigenvalue weighted by Crippen LogP contribution is 2.40. The fourth-order valence-corrected chi connectivity index (χ4v) is 3.65. The van der Waals surface area contributed by atoms with E-state index in [9.17, 15) is 18.0 Å². The summed E-state index contributed by atoms with van der Waals surface area (Å²) in [5.41, 5.74) is 0.464. The first kappa shape index (κ1) is 16.3. The predicted molar refractivity (Wildman–Crippen MR) is 77.1 cm³/mol. The molecule has 1 aliphatic rings. The molecule has 0 amide bonds. The molecule has 0 fully saturated rings. The van der Waals surface area contributed by atoms with Crippen molar-refractivity contribution in [1.82, 2.24) is 4.98 Å². The minimum Gasteiger partial charge on any atom is -0.337 e. The maximum Gasteiger partial charge on any atom is 0.406 e. The Morgan fingerprint density at radius 1 is 1.33 bits per heavy atom. The Bertz CT molecular complexity index is 549. The number of hydrogen-bond acceptors (Lipinski definition) is 4. The summed E-state index contributed by atoms with van der Waals surface area (Å²) in [6, 6.07) is -0.331. The van der Waals surface area contributed by atoms with Gasteiger partial charge in [0.15, 0.2) is 10.9 Å². The van der Waals surface area contributed by atoms with Gasteiger partial charge in [0.25, 0.3) is 0 Å². The van der Waals surface area contributed by atoms with Crippen LogP contribution in [0.2, 0.25) is 0 Å². The van der Waals surface area contributed by atoms with Crippen LogP contribution in [0.25, 0.3) is 0 Å². The number of fused-ring (bicyclic) bond motifs is 1. The van der Waals surface area contributed by atoms with Crippen LogP contribution in [-0.2, 0) is 6.42 Å². The summed E-state index contributed by atoms with van der Waals surface area (Å²) in [4.78, 5) is 18.2. The van der Waals surface area contributed by atoms with Gasteiger partial charge in [-0.3, -0.25) is 4.79 Å². The maximum absolute atomic E-state index is 12.7. The van der Waals surface area contributed by atoms with Gasteiger partial charge in [-0.15, -0.1) is 0 Å². The number of nitrogens with zero attached hydrogens (tertiary/aromatic N) is 2. The number of carbonyl (C=O) groups is 1. The molecule has 0 bridgehead atoms. The summed E-state index contributed by atoms with van der Waals surface area (Å²) in [6.07, 6.45) is -3.25. The van der Waals surface area contributed by atoms with Crippen molar-refractivity contribution in [3.05, 3.63) is 10.6 Å². The average Bonchev–Trinajstić information content (AvgIpc) is 2.66. The quantitative estimate of drug-likeness (QED) is 0.841. The molecule has 0 aliphatic heterocycles. The number of alkyl halides is 3. The van der Waals surface area contributed by atoms with Crippen molar-refractivity contribution in [1.29, 1.82) is 0 Å². The van der Waals surface area contributed by atoms with Crippen LogP contribution in [0.3, 0.4) is 0 Å². The summed E-state index contributed by atoms with van der Waals surface area (Å²) in [5, 5.41) is 0.290. The van der Waals surface area contributed by atoms with E-state index in [1.807, 2.05) is 13.8 Å². The first-order valence-corrected chi connectivity index (χ1v) is 7.66. The molecule has 0 saturated heterocycles. The molecule has 0 N–H and O–H groups in total. The van der Waals surface area contributed by atoms with Gasteiger partial charge >= 0.3 is 6.18 Å². The summed E-state index contributed by atoms with van der Waals surface area (Å²) >= 11 is 1.09. The largest absolute Gasteiger partial charge is 0.406 e. The molecule has 118 valence electrons. The number of ketones is 1. The SMILES string of the molecule is CC(C)N(CC(F)(F)F)c1nc2c(s1)C(=O)CC(C)(C)C2. The third-order valence-corrected chi connectivity index (χ3v) is 4.62. The molecule has 21 heavy (non-hydrogen) atoms. The summed E-state index contributed by atoms with van der Waals surface area (Å²) < 4.78 is 38.1. The monoisotopic (exact) mass is 320 g/mol. The number of thiazole rings is 1. The lowest BCUT2D eigenvalue weighted by Gasteiger charge is -2.27. The first-order chi connectivity index (χ1) is 9.48. The van der Waals surface area contributed by atoms with Crippen LogP contribution in [-0.4, -0.2) is 29.5 Å². The van der Waals surface area contributed by atoms with Crippen LogP contribution in [0.5, 0.6) is 0 Å². The number of carbonyl (C=O) groups excluding carboxylic acids is 1. The van der Waals surface area contributed by atoms with Crippen molar-refractivity contribution in [2.24, 2.45) is 5.41 Å². The molecular weight excluding hydrogens is 301 g/mol. The zero-order valence-electron chi connectivity index (χ0n) is 12.5. The fraction of sp³-hybridized carbons (Fsp3) is 0.714. The van der Waals surface area contributed by atoms with E-state index in [0.717, 1.165) is 11.3 Å². The van der Waals surface area contributed by atoms with Crippen molar-refractivity contribution < 1.29 is 18.0 Å². The third kappa shape index (κ3) is 3.75. The van der Waals surface area contributed by atoms with Crippen molar-refractivity contribution in [3.63, 3.8) is 0 Å². The highest BCUT2D eigenvalue weighted by atomic mass is 32.1. The van der Waals surface area contributed by atoms with Gasteiger partial charge < -0.3 is 4.90 Å². The van der Waals surface area contributed by atoms with Crippen LogP contribution < -0.4 is 4.90 Å². The minimum atomic E-state index is -4.29. The van der Waals surface area contributed by atoms with Crippen molar-refractivity contribution >= 4 is 22.3 Å². The van der Waals surface area contributed by atoms with Crippen LogP contribution in [0.15, 0.2) is 0 Å². The molecule has 3 nitrogen and oxygen atoms in total. The Balaban J connectivity index is 2.35. The van der Waals surface area contributed by atoms with E-state index in [-0.39, 0.29) is 17.2 Å². The molecule has 0 saturated carbocycles. The van der Waals surface area contributed by atoms with Gasteiger partial charge in [0.05, 0.1) is 10.6 Å². The van der Waals surface area contributed by atoms with E-state index in [1.54, 1.807) is 13.8 Å². The molecule has 1 heterocycles. The summed E-state index contributed by atoms with van der Waals surface area (Å²) in [7, 11) is 0. The Hall–Kier alpha value is -1.11. The normalized spacial score (nSPS) is 18.0. The van der Waals surface area contributed by atoms with Crippen LogP contribution in [0, 0.1) is 5.41 Å². The highest BCUT2D eigenvalue weighted by Gasteiger charge is 2.37. The van der Waals surface area contributed by atoms with Gasteiger partial charge in [-0.1, -0.05) is 25.2 Å². The molecule has 2 rings (SSSR count). The molecule has 0 spiro atoms.